The monoisotopic (exact) mass is 474 g/mol. The summed E-state index contributed by atoms with van der Waals surface area (Å²) in [5.74, 6) is -8.94. The number of rotatable bonds is 3. The van der Waals surface area contributed by atoms with Crippen molar-refractivity contribution in [3.8, 4) is 5.75 Å². The van der Waals surface area contributed by atoms with E-state index in [0.29, 0.717) is 0 Å². The topological polar surface area (TPSA) is 188 Å². The highest BCUT2D eigenvalue weighted by molar-refractivity contribution is 6.16. The molecule has 0 spiro atoms. The first-order chi connectivity index (χ1) is 15.9. The number of carbonyl (C=O) groups excluding carboxylic acids is 4. The lowest BCUT2D eigenvalue weighted by Crippen LogP contribution is -2.71. The van der Waals surface area contributed by atoms with Crippen LogP contribution in [-0.4, -0.2) is 87.7 Å². The van der Waals surface area contributed by atoms with Gasteiger partial charge in [0, 0.05) is 17.5 Å². The predicted octanol–water partition coefficient (Wildman–Crippen LogP) is -0.928. The Hall–Kier alpha value is -3.28. The molecule has 6 atom stereocenters. The largest absolute Gasteiger partial charge is 0.508 e. The number of aliphatic hydroxyl groups excluding tert-OH is 2. The predicted molar refractivity (Wildman–Crippen MR) is 115 cm³/mol. The van der Waals surface area contributed by atoms with E-state index in [2.05, 4.69) is 0 Å². The number of likely N-dealkylation sites (N-methyl/N-ethyl adjacent to an activating group) is 1. The van der Waals surface area contributed by atoms with Crippen LogP contribution in [-0.2, 0) is 20.7 Å². The molecule has 0 saturated heterocycles. The number of carbonyl (C=O) groups is 4. The molecule has 0 heterocycles. The molecule has 1 aromatic carbocycles. The molecule has 11 heteroatoms. The maximum atomic E-state index is 13.5. The van der Waals surface area contributed by atoms with E-state index in [4.69, 9.17) is 10.5 Å². The summed E-state index contributed by atoms with van der Waals surface area (Å²) >= 11 is 0. The van der Waals surface area contributed by atoms with Crippen molar-refractivity contribution in [2.24, 2.45) is 23.5 Å². The number of allylic oxidation sites excluding steroid dienone is 1. The number of nitrogens with two attached hydrogens (primary N) is 1. The lowest BCUT2D eigenvalue weighted by Gasteiger charge is -2.53. The Morgan fingerprint density at radius 2 is 1.85 bits per heavy atom. The smallest absolute Gasteiger partial charge is 0.338 e. The molecule has 6 N–H and O–H groups in total. The molecule has 1 saturated carbocycles. The molecule has 0 radical (unpaired) electrons. The molecular weight excluding hydrogens is 448 g/mol. The minimum absolute atomic E-state index is 0.0234. The third-order valence-electron chi connectivity index (χ3n) is 7.38. The third-order valence-corrected chi connectivity index (χ3v) is 7.38. The van der Waals surface area contributed by atoms with Gasteiger partial charge in [0.1, 0.15) is 17.4 Å². The van der Waals surface area contributed by atoms with Gasteiger partial charge < -0.3 is 35.8 Å². The first-order valence-electron chi connectivity index (χ1n) is 10.7. The van der Waals surface area contributed by atoms with E-state index >= 15 is 0 Å². The number of methoxy groups -OCH3 is 1. The second-order valence-electron chi connectivity index (χ2n) is 9.27. The van der Waals surface area contributed by atoms with Crippen molar-refractivity contribution in [2.45, 2.75) is 30.6 Å². The SMILES string of the molecule is COC(=O)c1ccc(O)c2c1C[C@H]1C[C@H]3[C@H](N(C)C)C(O)C(C(N)=O)C(=O)[C@@]3(O)C(O)=C1C2=O. The van der Waals surface area contributed by atoms with Crippen LogP contribution >= 0.6 is 0 Å². The number of ether oxygens (including phenoxy) is 1. The Bertz CT molecular complexity index is 1160. The maximum absolute atomic E-state index is 13.5. The fourth-order valence-electron chi connectivity index (χ4n) is 5.91. The number of phenols is 1. The van der Waals surface area contributed by atoms with E-state index in [1.54, 1.807) is 14.1 Å². The van der Waals surface area contributed by atoms with Gasteiger partial charge in [-0.3, -0.25) is 14.4 Å². The van der Waals surface area contributed by atoms with Crippen molar-refractivity contribution in [1.82, 2.24) is 4.90 Å². The summed E-state index contributed by atoms with van der Waals surface area (Å²) in [5.41, 5.74) is 2.47. The van der Waals surface area contributed by atoms with Gasteiger partial charge in [-0.15, -0.1) is 0 Å². The highest BCUT2D eigenvalue weighted by atomic mass is 16.5. The quantitative estimate of drug-likeness (QED) is 0.270. The number of phenolic OH excluding ortho intramolecular Hbond substituents is 1. The zero-order valence-corrected chi connectivity index (χ0v) is 18.8. The highest BCUT2D eigenvalue weighted by Gasteiger charge is 2.66. The van der Waals surface area contributed by atoms with Crippen molar-refractivity contribution in [1.29, 1.82) is 0 Å². The Morgan fingerprint density at radius 1 is 1.21 bits per heavy atom. The summed E-state index contributed by atoms with van der Waals surface area (Å²) < 4.78 is 4.79. The number of fused-ring (bicyclic) bond motifs is 3. The van der Waals surface area contributed by atoms with Gasteiger partial charge in [0.15, 0.2) is 17.2 Å². The first-order valence-corrected chi connectivity index (χ1v) is 10.7. The molecule has 2 unspecified atom stereocenters. The molecular formula is C23H26N2O9. The molecule has 3 aliphatic rings. The Morgan fingerprint density at radius 3 is 2.41 bits per heavy atom. The summed E-state index contributed by atoms with van der Waals surface area (Å²) in [6, 6.07) is 1.51. The van der Waals surface area contributed by atoms with Crippen LogP contribution in [0.25, 0.3) is 0 Å². The van der Waals surface area contributed by atoms with Crippen LogP contribution in [0.1, 0.15) is 32.7 Å². The van der Waals surface area contributed by atoms with Gasteiger partial charge in [-0.25, -0.2) is 4.79 Å². The van der Waals surface area contributed by atoms with Crippen molar-refractivity contribution in [2.75, 3.05) is 21.2 Å². The third kappa shape index (κ3) is 3.00. The molecule has 11 nitrogen and oxygen atoms in total. The summed E-state index contributed by atoms with van der Waals surface area (Å²) in [4.78, 5) is 52.5. The van der Waals surface area contributed by atoms with Gasteiger partial charge in [-0.1, -0.05) is 0 Å². The zero-order valence-electron chi connectivity index (χ0n) is 18.8. The molecule has 3 aliphatic carbocycles. The second kappa shape index (κ2) is 7.90. The van der Waals surface area contributed by atoms with Crippen molar-refractivity contribution < 1.29 is 44.3 Å². The molecule has 0 bridgehead atoms. The average Bonchev–Trinajstić information content (AvgIpc) is 2.75. The summed E-state index contributed by atoms with van der Waals surface area (Å²) in [6.45, 7) is 0. The van der Waals surface area contributed by atoms with E-state index in [0.717, 1.165) is 6.07 Å². The molecule has 0 aromatic heterocycles. The molecule has 0 aliphatic heterocycles. The number of aromatic hydroxyl groups is 1. The molecule has 4 rings (SSSR count). The summed E-state index contributed by atoms with van der Waals surface area (Å²) in [6.07, 6.45) is -1.56. The number of esters is 1. The van der Waals surface area contributed by atoms with Gasteiger partial charge in [0.2, 0.25) is 5.91 Å². The van der Waals surface area contributed by atoms with Crippen molar-refractivity contribution in [3.05, 3.63) is 40.2 Å². The van der Waals surface area contributed by atoms with Gasteiger partial charge in [0.05, 0.1) is 24.3 Å². The fraction of sp³-hybridized carbons (Fsp3) is 0.478. The normalized spacial score (nSPS) is 32.7. The van der Waals surface area contributed by atoms with Crippen LogP contribution in [0.4, 0.5) is 0 Å². The maximum Gasteiger partial charge on any atom is 0.338 e. The van der Waals surface area contributed by atoms with Crippen LogP contribution in [0, 0.1) is 17.8 Å². The van der Waals surface area contributed by atoms with Crippen LogP contribution in [0.5, 0.6) is 5.75 Å². The van der Waals surface area contributed by atoms with Crippen LogP contribution in [0.15, 0.2) is 23.5 Å². The van der Waals surface area contributed by atoms with Gasteiger partial charge >= 0.3 is 5.97 Å². The van der Waals surface area contributed by atoms with Gasteiger partial charge in [-0.05, 0) is 50.6 Å². The number of hydrogen-bond acceptors (Lipinski definition) is 10. The van der Waals surface area contributed by atoms with E-state index in [9.17, 15) is 39.6 Å². The standard InChI is InChI=1S/C23H26N2O9/c1-25(2)16-11-7-8-6-10-9(22(32)34-3)4-5-12(26)14(10)17(27)13(8)19(29)23(11,33)20(30)15(18(16)28)21(24)31/h4-5,8,11,15-16,18,26,28-29,33H,6-7H2,1-3H3,(H2,24,31)/t8-,11-,15?,16-,18?,23-/m0/s1. The lowest BCUT2D eigenvalue weighted by atomic mass is 9.56. The first kappa shape index (κ1) is 23.9. The molecule has 1 aromatic rings. The number of primary amides is 1. The van der Waals surface area contributed by atoms with Crippen LogP contribution in [0.3, 0.4) is 0 Å². The molecule has 34 heavy (non-hydrogen) atoms. The Labute approximate surface area is 194 Å². The number of nitrogens with zero attached hydrogens (tertiary/aromatic N) is 1. The van der Waals surface area contributed by atoms with Crippen molar-refractivity contribution in [3.63, 3.8) is 0 Å². The fourth-order valence-corrected chi connectivity index (χ4v) is 5.91. The molecule has 1 amide bonds. The van der Waals surface area contributed by atoms with Crippen LogP contribution in [0.2, 0.25) is 0 Å². The van der Waals surface area contributed by atoms with Gasteiger partial charge in [0.25, 0.3) is 0 Å². The van der Waals surface area contributed by atoms with E-state index in [-0.39, 0.29) is 35.1 Å². The number of benzene rings is 1. The minimum Gasteiger partial charge on any atom is -0.508 e. The summed E-state index contributed by atoms with van der Waals surface area (Å²) in [7, 11) is 4.33. The lowest BCUT2D eigenvalue weighted by molar-refractivity contribution is -0.178. The highest BCUT2D eigenvalue weighted by Crippen LogP contribution is 2.52. The Balaban J connectivity index is 1.95. The number of amides is 1. The summed E-state index contributed by atoms with van der Waals surface area (Å²) in [5, 5.41) is 44.0. The van der Waals surface area contributed by atoms with E-state index < -0.39 is 70.5 Å². The van der Waals surface area contributed by atoms with E-state index in [1.807, 2.05) is 0 Å². The van der Waals surface area contributed by atoms with Crippen LogP contribution < -0.4 is 5.73 Å². The Kier molecular flexibility index (Phi) is 5.54. The molecule has 182 valence electrons. The zero-order chi connectivity index (χ0) is 25.3. The second-order valence-corrected chi connectivity index (χ2v) is 9.27. The van der Waals surface area contributed by atoms with Gasteiger partial charge in [-0.2, -0.15) is 0 Å². The number of aliphatic hydroxyl groups is 3. The minimum atomic E-state index is -2.65. The van der Waals surface area contributed by atoms with Crippen molar-refractivity contribution >= 4 is 23.4 Å². The number of ketones is 2. The molecule has 1 fully saturated rings. The average molecular weight is 474 g/mol. The van der Waals surface area contributed by atoms with E-state index in [1.165, 1.54) is 18.1 Å². The number of Topliss-reactive ketones (excluding diaryl/α,β-unsaturated/α-hetero) is 2. The number of hydrogen-bond donors (Lipinski definition) is 5.